The van der Waals surface area contributed by atoms with Crippen LogP contribution < -0.4 is 16.0 Å². The number of nitrogens with one attached hydrogen (secondary N) is 3. The number of fused-ring (bicyclic) bond motifs is 1. The third-order valence-corrected chi connectivity index (χ3v) is 4.32. The van der Waals surface area contributed by atoms with Gasteiger partial charge in [0.2, 0.25) is 11.7 Å². The Bertz CT molecular complexity index is 1080. The van der Waals surface area contributed by atoms with Gasteiger partial charge in [-0.25, -0.2) is 4.98 Å². The largest absolute Gasteiger partial charge is 0.348 e. The van der Waals surface area contributed by atoms with E-state index >= 15 is 0 Å². The van der Waals surface area contributed by atoms with Crippen LogP contribution in [0.1, 0.15) is 40.9 Å². The van der Waals surface area contributed by atoms with E-state index in [0.717, 1.165) is 12.8 Å². The number of anilines is 2. The minimum Gasteiger partial charge on any atom is -0.348 e. The molecule has 3 aromatic rings. The first-order chi connectivity index (χ1) is 13.5. The highest BCUT2D eigenvalue weighted by molar-refractivity contribution is 6.06. The summed E-state index contributed by atoms with van der Waals surface area (Å²) in [6.45, 7) is 1.41. The normalized spacial score (nSPS) is 13.2. The predicted octanol–water partition coefficient (Wildman–Crippen LogP) is 2.44. The van der Waals surface area contributed by atoms with Crippen molar-refractivity contribution in [2.75, 3.05) is 10.6 Å². The molecule has 0 bridgehead atoms. The molecule has 3 amide bonds. The van der Waals surface area contributed by atoms with E-state index in [2.05, 4.69) is 20.9 Å². The molecule has 28 heavy (non-hydrogen) atoms. The Morgan fingerprint density at radius 3 is 2.46 bits per heavy atom. The second-order valence-corrected chi connectivity index (χ2v) is 6.70. The van der Waals surface area contributed by atoms with Gasteiger partial charge in [-0.05, 0) is 43.2 Å². The van der Waals surface area contributed by atoms with Crippen LogP contribution >= 0.6 is 0 Å². The number of pyridine rings is 1. The van der Waals surface area contributed by atoms with Crippen molar-refractivity contribution >= 4 is 34.6 Å². The fourth-order valence-electron chi connectivity index (χ4n) is 2.91. The van der Waals surface area contributed by atoms with Gasteiger partial charge in [0.1, 0.15) is 0 Å². The summed E-state index contributed by atoms with van der Waals surface area (Å²) >= 11 is 0. The average Bonchev–Trinajstić information content (AvgIpc) is 3.38. The maximum absolute atomic E-state index is 12.8. The third kappa shape index (κ3) is 3.71. The van der Waals surface area contributed by atoms with Crippen LogP contribution in [-0.4, -0.2) is 33.1 Å². The molecule has 2 aromatic heterocycles. The van der Waals surface area contributed by atoms with Gasteiger partial charge in [-0.2, -0.15) is 0 Å². The maximum atomic E-state index is 12.8. The van der Waals surface area contributed by atoms with Crippen LogP contribution in [0.3, 0.4) is 0 Å². The fourth-order valence-corrected chi connectivity index (χ4v) is 2.91. The van der Waals surface area contributed by atoms with Gasteiger partial charge >= 0.3 is 0 Å². The van der Waals surface area contributed by atoms with E-state index in [1.165, 1.54) is 6.92 Å². The van der Waals surface area contributed by atoms with E-state index in [-0.39, 0.29) is 29.4 Å². The predicted molar refractivity (Wildman–Crippen MR) is 104 cm³/mol. The molecule has 1 fully saturated rings. The maximum Gasteiger partial charge on any atom is 0.292 e. The highest BCUT2D eigenvalue weighted by Gasteiger charge is 2.27. The molecule has 0 saturated heterocycles. The van der Waals surface area contributed by atoms with Gasteiger partial charge in [-0.3, -0.25) is 18.8 Å². The lowest BCUT2D eigenvalue weighted by Crippen LogP contribution is -2.26. The molecule has 0 radical (unpaired) electrons. The van der Waals surface area contributed by atoms with E-state index in [0.29, 0.717) is 16.9 Å². The molecule has 0 unspecified atom stereocenters. The first-order valence-corrected chi connectivity index (χ1v) is 8.98. The van der Waals surface area contributed by atoms with Gasteiger partial charge in [0.05, 0.1) is 5.52 Å². The van der Waals surface area contributed by atoms with Gasteiger partial charge < -0.3 is 16.0 Å². The van der Waals surface area contributed by atoms with Crippen molar-refractivity contribution < 1.29 is 14.4 Å². The number of carbonyl (C=O) groups excluding carboxylic acids is 3. The number of rotatable bonds is 5. The molecule has 0 atom stereocenters. The second-order valence-electron chi connectivity index (χ2n) is 6.70. The van der Waals surface area contributed by atoms with Gasteiger partial charge in [0.15, 0.2) is 5.69 Å². The topological polar surface area (TPSA) is 105 Å². The van der Waals surface area contributed by atoms with Crippen molar-refractivity contribution in [3.8, 4) is 0 Å². The van der Waals surface area contributed by atoms with Crippen LogP contribution in [-0.2, 0) is 4.79 Å². The molecule has 1 saturated carbocycles. The van der Waals surface area contributed by atoms with Crippen LogP contribution in [0.5, 0.6) is 0 Å². The minimum atomic E-state index is -0.452. The van der Waals surface area contributed by atoms with Crippen molar-refractivity contribution in [2.45, 2.75) is 25.8 Å². The first kappa shape index (κ1) is 17.7. The Labute approximate surface area is 161 Å². The second kappa shape index (κ2) is 7.15. The quantitative estimate of drug-likeness (QED) is 0.635. The van der Waals surface area contributed by atoms with E-state index in [9.17, 15) is 14.4 Å². The monoisotopic (exact) mass is 377 g/mol. The molecule has 8 nitrogen and oxygen atoms in total. The summed E-state index contributed by atoms with van der Waals surface area (Å²) in [7, 11) is 0. The molecule has 1 aliphatic rings. The zero-order chi connectivity index (χ0) is 19.7. The lowest BCUT2D eigenvalue weighted by Gasteiger charge is -2.07. The van der Waals surface area contributed by atoms with Crippen molar-refractivity contribution in [3.63, 3.8) is 0 Å². The van der Waals surface area contributed by atoms with E-state index in [4.69, 9.17) is 0 Å². The zero-order valence-electron chi connectivity index (χ0n) is 15.2. The van der Waals surface area contributed by atoms with Crippen molar-refractivity contribution in [1.82, 2.24) is 14.7 Å². The zero-order valence-corrected chi connectivity index (χ0v) is 15.2. The Morgan fingerprint density at radius 2 is 1.75 bits per heavy atom. The third-order valence-electron chi connectivity index (χ3n) is 4.32. The molecular weight excluding hydrogens is 358 g/mol. The molecule has 0 spiro atoms. The van der Waals surface area contributed by atoms with Gasteiger partial charge in [-0.15, -0.1) is 0 Å². The highest BCUT2D eigenvalue weighted by Crippen LogP contribution is 2.21. The van der Waals surface area contributed by atoms with Crippen LogP contribution in [0.4, 0.5) is 11.4 Å². The summed E-state index contributed by atoms with van der Waals surface area (Å²) in [5.74, 6) is -0.819. The molecule has 2 heterocycles. The summed E-state index contributed by atoms with van der Waals surface area (Å²) in [6.07, 6.45) is 3.63. The highest BCUT2D eigenvalue weighted by atomic mass is 16.2. The number of imidazole rings is 1. The summed E-state index contributed by atoms with van der Waals surface area (Å²) < 4.78 is 1.59. The Morgan fingerprint density at radius 1 is 1.00 bits per heavy atom. The Hall–Kier alpha value is -3.68. The molecule has 142 valence electrons. The molecule has 8 heteroatoms. The van der Waals surface area contributed by atoms with Crippen LogP contribution in [0, 0.1) is 0 Å². The van der Waals surface area contributed by atoms with Gasteiger partial charge in [0, 0.05) is 30.5 Å². The smallest absolute Gasteiger partial charge is 0.292 e. The lowest BCUT2D eigenvalue weighted by atomic mass is 10.2. The number of hydrogen-bond acceptors (Lipinski definition) is 4. The van der Waals surface area contributed by atoms with E-state index in [1.807, 2.05) is 0 Å². The van der Waals surface area contributed by atoms with Crippen LogP contribution in [0.15, 0.2) is 48.7 Å². The van der Waals surface area contributed by atoms with Crippen LogP contribution in [0.25, 0.3) is 5.52 Å². The van der Waals surface area contributed by atoms with Gasteiger partial charge in [0.25, 0.3) is 11.8 Å². The number of amides is 3. The van der Waals surface area contributed by atoms with E-state index in [1.54, 1.807) is 53.1 Å². The number of nitrogens with zero attached hydrogens (tertiary/aromatic N) is 2. The SMILES string of the molecule is CC(=O)Nc1cccc(NC(=O)c2nc(C(=O)NC3CC3)c3ccccn23)c1. The number of benzene rings is 1. The Balaban J connectivity index is 1.62. The van der Waals surface area contributed by atoms with Crippen molar-refractivity contribution in [3.05, 3.63) is 60.2 Å². The summed E-state index contributed by atoms with van der Waals surface area (Å²) in [5.41, 5.74) is 1.87. The molecule has 0 aliphatic heterocycles. The summed E-state index contributed by atoms with van der Waals surface area (Å²) in [5, 5.41) is 8.33. The van der Waals surface area contributed by atoms with Crippen molar-refractivity contribution in [1.29, 1.82) is 0 Å². The minimum absolute atomic E-state index is 0.112. The molecular formula is C20H19N5O3. The fraction of sp³-hybridized carbons (Fsp3) is 0.200. The molecule has 4 rings (SSSR count). The average molecular weight is 377 g/mol. The molecule has 1 aromatic carbocycles. The lowest BCUT2D eigenvalue weighted by molar-refractivity contribution is -0.114. The summed E-state index contributed by atoms with van der Waals surface area (Å²) in [6, 6.07) is 12.3. The van der Waals surface area contributed by atoms with E-state index < -0.39 is 5.91 Å². The summed E-state index contributed by atoms with van der Waals surface area (Å²) in [4.78, 5) is 40.8. The number of carbonyl (C=O) groups is 3. The van der Waals surface area contributed by atoms with Crippen molar-refractivity contribution in [2.24, 2.45) is 0 Å². The van der Waals surface area contributed by atoms with Gasteiger partial charge in [-0.1, -0.05) is 12.1 Å². The molecule has 3 N–H and O–H groups in total. The Kier molecular flexibility index (Phi) is 4.52. The number of hydrogen-bond donors (Lipinski definition) is 3. The standard InChI is InChI=1S/C20H19N5O3/c1-12(26)21-14-5-4-6-15(11-14)23-20(28)18-24-17(19(27)22-13-8-9-13)16-7-2-3-10-25(16)18/h2-7,10-11,13H,8-9H2,1H3,(H,21,26)(H,22,27)(H,23,28). The van der Waals surface area contributed by atoms with Crippen LogP contribution in [0.2, 0.25) is 0 Å². The molecule has 1 aliphatic carbocycles. The first-order valence-electron chi connectivity index (χ1n) is 8.98. The number of aromatic nitrogens is 2.